The van der Waals surface area contributed by atoms with Gasteiger partial charge in [0.2, 0.25) is 0 Å². The fraction of sp³-hybridized carbons (Fsp3) is 0.636. The van der Waals surface area contributed by atoms with Gasteiger partial charge in [0.05, 0.1) is 0 Å². The van der Waals surface area contributed by atoms with Crippen LogP contribution in [0.5, 0.6) is 0 Å². The monoisotopic (exact) mass is 287 g/mol. The van der Waals surface area contributed by atoms with E-state index in [1.165, 1.54) is 0 Å². The van der Waals surface area contributed by atoms with Crippen LogP contribution in [0.1, 0.15) is 32.0 Å². The molecule has 4 nitrogen and oxygen atoms in total. The summed E-state index contributed by atoms with van der Waals surface area (Å²) < 4.78 is 5.80. The molecule has 0 aliphatic heterocycles. The lowest BCUT2D eigenvalue weighted by Crippen LogP contribution is -2.08. The molecule has 0 saturated carbocycles. The van der Waals surface area contributed by atoms with E-state index in [4.69, 9.17) is 4.74 Å². The highest BCUT2D eigenvalue weighted by atomic mass is 79.9. The molecule has 0 aliphatic rings. The summed E-state index contributed by atoms with van der Waals surface area (Å²) in [5.41, 5.74) is 0. The zero-order chi connectivity index (χ0) is 12.0. The van der Waals surface area contributed by atoms with Crippen LogP contribution in [0.15, 0.2) is 10.7 Å². The number of aromatic nitrogens is 2. The molecule has 1 N–H and O–H groups in total. The third kappa shape index (κ3) is 4.45. The van der Waals surface area contributed by atoms with Crippen LogP contribution in [0, 0.1) is 0 Å². The minimum Gasteiger partial charge on any atom is -0.385 e. The maximum Gasteiger partial charge on any atom is 0.134 e. The first-order valence-corrected chi connectivity index (χ1v) is 6.20. The summed E-state index contributed by atoms with van der Waals surface area (Å²) in [6.45, 7) is 5.78. The van der Waals surface area contributed by atoms with E-state index in [1.807, 2.05) is 6.07 Å². The third-order valence-corrected chi connectivity index (χ3v) is 2.47. The second-order valence-corrected chi connectivity index (χ2v) is 4.67. The van der Waals surface area contributed by atoms with Crippen molar-refractivity contribution in [2.45, 2.75) is 26.2 Å². The Morgan fingerprint density at radius 2 is 2.19 bits per heavy atom. The van der Waals surface area contributed by atoms with Gasteiger partial charge in [-0.3, -0.25) is 0 Å². The molecule has 5 heteroatoms. The molecule has 0 fully saturated rings. The average Bonchev–Trinajstić information content (AvgIpc) is 2.23. The van der Waals surface area contributed by atoms with Gasteiger partial charge in [0.25, 0.3) is 0 Å². The molecule has 0 amide bonds. The van der Waals surface area contributed by atoms with E-state index in [1.54, 1.807) is 7.11 Å². The van der Waals surface area contributed by atoms with E-state index in [-0.39, 0.29) is 0 Å². The zero-order valence-corrected chi connectivity index (χ0v) is 11.5. The van der Waals surface area contributed by atoms with Gasteiger partial charge in [-0.2, -0.15) is 0 Å². The first-order valence-electron chi connectivity index (χ1n) is 5.40. The second kappa shape index (κ2) is 6.81. The fourth-order valence-electron chi connectivity index (χ4n) is 1.22. The molecule has 16 heavy (non-hydrogen) atoms. The van der Waals surface area contributed by atoms with Crippen molar-refractivity contribution in [2.75, 3.05) is 25.6 Å². The Morgan fingerprint density at radius 3 is 2.81 bits per heavy atom. The number of hydrogen-bond donors (Lipinski definition) is 1. The van der Waals surface area contributed by atoms with Gasteiger partial charge in [-0.25, -0.2) is 9.97 Å². The number of methoxy groups -OCH3 is 1. The molecule has 0 bridgehead atoms. The Morgan fingerprint density at radius 1 is 1.44 bits per heavy atom. The Bertz CT molecular complexity index is 331. The van der Waals surface area contributed by atoms with Gasteiger partial charge in [0, 0.05) is 32.2 Å². The van der Waals surface area contributed by atoms with E-state index >= 15 is 0 Å². The van der Waals surface area contributed by atoms with Crippen molar-refractivity contribution in [3.05, 3.63) is 16.5 Å². The summed E-state index contributed by atoms with van der Waals surface area (Å²) in [5.74, 6) is 2.04. The van der Waals surface area contributed by atoms with Gasteiger partial charge in [-0.1, -0.05) is 13.8 Å². The third-order valence-electron chi connectivity index (χ3n) is 2.06. The summed E-state index contributed by atoms with van der Waals surface area (Å²) in [7, 11) is 1.71. The Labute approximate surface area is 105 Å². The largest absolute Gasteiger partial charge is 0.385 e. The van der Waals surface area contributed by atoms with Gasteiger partial charge in [-0.05, 0) is 22.4 Å². The molecule has 0 spiro atoms. The molecule has 0 aliphatic carbocycles. The predicted octanol–water partition coefficient (Wildman–Crippen LogP) is 2.81. The molecule has 1 rings (SSSR count). The summed E-state index contributed by atoms with van der Waals surface area (Å²) in [6.07, 6.45) is 0.967. The lowest BCUT2D eigenvalue weighted by molar-refractivity contribution is 0.197. The van der Waals surface area contributed by atoms with Crippen LogP contribution in [0.3, 0.4) is 0 Å². The van der Waals surface area contributed by atoms with Crippen LogP contribution in [0.4, 0.5) is 5.82 Å². The molecule has 0 saturated heterocycles. The number of hydrogen-bond acceptors (Lipinski definition) is 4. The summed E-state index contributed by atoms with van der Waals surface area (Å²) >= 11 is 3.39. The maximum absolute atomic E-state index is 4.98. The van der Waals surface area contributed by atoms with Crippen LogP contribution in [0.2, 0.25) is 0 Å². The number of ether oxygens (including phenoxy) is 1. The van der Waals surface area contributed by atoms with E-state index in [9.17, 15) is 0 Å². The number of anilines is 1. The van der Waals surface area contributed by atoms with Crippen molar-refractivity contribution < 1.29 is 4.74 Å². The smallest absolute Gasteiger partial charge is 0.134 e. The highest BCUT2D eigenvalue weighted by molar-refractivity contribution is 9.10. The van der Waals surface area contributed by atoms with Gasteiger partial charge in [-0.15, -0.1) is 0 Å². The van der Waals surface area contributed by atoms with Crippen molar-refractivity contribution in [1.82, 2.24) is 9.97 Å². The molecule has 0 radical (unpaired) electrons. The predicted molar refractivity (Wildman–Crippen MR) is 68.8 cm³/mol. The number of nitrogens with zero attached hydrogens (tertiary/aromatic N) is 2. The highest BCUT2D eigenvalue weighted by Crippen LogP contribution is 2.17. The molecule has 0 aromatic carbocycles. The molecular weight excluding hydrogens is 270 g/mol. The number of rotatable bonds is 6. The first kappa shape index (κ1) is 13.4. The molecule has 1 heterocycles. The highest BCUT2D eigenvalue weighted by Gasteiger charge is 2.06. The molecule has 0 atom stereocenters. The van der Waals surface area contributed by atoms with Crippen LogP contribution in [-0.2, 0) is 4.74 Å². The van der Waals surface area contributed by atoms with Gasteiger partial charge in [0.15, 0.2) is 0 Å². The van der Waals surface area contributed by atoms with Crippen molar-refractivity contribution in [2.24, 2.45) is 0 Å². The van der Waals surface area contributed by atoms with Crippen LogP contribution in [-0.4, -0.2) is 30.2 Å². The topological polar surface area (TPSA) is 47.0 Å². The summed E-state index contributed by atoms with van der Waals surface area (Å²) in [5, 5.41) is 3.25. The van der Waals surface area contributed by atoms with Gasteiger partial charge >= 0.3 is 0 Å². The summed E-state index contributed by atoms with van der Waals surface area (Å²) in [4.78, 5) is 8.76. The Hall–Kier alpha value is -0.680. The lowest BCUT2D eigenvalue weighted by Gasteiger charge is -2.09. The maximum atomic E-state index is 4.98. The average molecular weight is 288 g/mol. The second-order valence-electron chi connectivity index (χ2n) is 3.86. The van der Waals surface area contributed by atoms with Crippen molar-refractivity contribution in [1.29, 1.82) is 0 Å². The zero-order valence-electron chi connectivity index (χ0n) is 9.96. The molecular formula is C11H18BrN3O. The van der Waals surface area contributed by atoms with E-state index in [0.717, 1.165) is 35.8 Å². The molecule has 90 valence electrons. The van der Waals surface area contributed by atoms with Crippen LogP contribution >= 0.6 is 15.9 Å². The normalized spacial score (nSPS) is 10.8. The Balaban J connectivity index is 2.58. The standard InChI is InChI=1S/C11H18BrN3O/c1-8(2)11-14-9(12)7-10(15-11)13-5-4-6-16-3/h7-8H,4-6H2,1-3H3,(H,13,14,15). The van der Waals surface area contributed by atoms with Gasteiger partial charge < -0.3 is 10.1 Å². The van der Waals surface area contributed by atoms with Gasteiger partial charge in [0.1, 0.15) is 16.2 Å². The Kier molecular flexibility index (Phi) is 5.69. The van der Waals surface area contributed by atoms with E-state index < -0.39 is 0 Å². The lowest BCUT2D eigenvalue weighted by atomic mass is 10.2. The first-order chi connectivity index (χ1) is 7.63. The van der Waals surface area contributed by atoms with Crippen molar-refractivity contribution in [3.63, 3.8) is 0 Å². The van der Waals surface area contributed by atoms with E-state index in [0.29, 0.717) is 5.92 Å². The minimum absolute atomic E-state index is 0.331. The van der Waals surface area contributed by atoms with Crippen LogP contribution < -0.4 is 5.32 Å². The molecule has 1 aromatic rings. The SMILES string of the molecule is COCCCNc1cc(Br)nc(C(C)C)n1. The number of halogens is 1. The minimum atomic E-state index is 0.331. The summed E-state index contributed by atoms with van der Waals surface area (Å²) in [6, 6.07) is 1.89. The van der Waals surface area contributed by atoms with Crippen molar-refractivity contribution in [3.8, 4) is 0 Å². The molecule has 1 aromatic heterocycles. The van der Waals surface area contributed by atoms with E-state index in [2.05, 4.69) is 45.1 Å². The molecule has 0 unspecified atom stereocenters. The quantitative estimate of drug-likeness (QED) is 0.646. The van der Waals surface area contributed by atoms with Crippen LogP contribution in [0.25, 0.3) is 0 Å². The number of nitrogens with one attached hydrogen (secondary N) is 1. The fourth-order valence-corrected chi connectivity index (χ4v) is 1.62. The van der Waals surface area contributed by atoms with Crippen molar-refractivity contribution >= 4 is 21.7 Å².